The van der Waals surface area contributed by atoms with Crippen molar-refractivity contribution in [3.8, 4) is 0 Å². The minimum absolute atomic E-state index is 0.0245. The second-order valence-electron chi connectivity index (χ2n) is 12.0. The van der Waals surface area contributed by atoms with Gasteiger partial charge in [-0.15, -0.1) is 0 Å². The van der Waals surface area contributed by atoms with Crippen LogP contribution >= 0.6 is 0 Å². The van der Waals surface area contributed by atoms with Crippen LogP contribution in [0.25, 0.3) is 0 Å². The van der Waals surface area contributed by atoms with Crippen LogP contribution in [0.1, 0.15) is 55.3 Å². The number of aromatic nitrogens is 3. The number of halogens is 3. The van der Waals surface area contributed by atoms with Crippen molar-refractivity contribution in [1.29, 1.82) is 0 Å². The molecule has 41 heavy (non-hydrogen) atoms. The molecule has 0 spiro atoms. The Balaban J connectivity index is 1.24. The van der Waals surface area contributed by atoms with Gasteiger partial charge in [-0.1, -0.05) is 0 Å². The first kappa shape index (κ1) is 28.6. The van der Waals surface area contributed by atoms with Gasteiger partial charge in [0.1, 0.15) is 11.6 Å². The minimum atomic E-state index is -4.63. The van der Waals surface area contributed by atoms with Gasteiger partial charge < -0.3 is 24.6 Å². The van der Waals surface area contributed by atoms with Crippen molar-refractivity contribution in [3.63, 3.8) is 0 Å². The van der Waals surface area contributed by atoms with Crippen LogP contribution in [-0.4, -0.2) is 97.6 Å². The van der Waals surface area contributed by atoms with E-state index in [1.807, 2.05) is 22.1 Å². The lowest BCUT2D eigenvalue weighted by molar-refractivity contribution is -0.205. The molecule has 0 aromatic carbocycles. The number of aryl methyl sites for hydroxylation is 1. The molecule has 0 aliphatic carbocycles. The van der Waals surface area contributed by atoms with E-state index in [-0.39, 0.29) is 18.0 Å². The highest BCUT2D eigenvalue weighted by atomic mass is 19.4. The minimum Gasteiger partial charge on any atom is -0.374 e. The molecule has 224 valence electrons. The summed E-state index contributed by atoms with van der Waals surface area (Å²) < 4.78 is 53.4. The molecule has 1 N–H and O–H groups in total. The largest absolute Gasteiger partial charge is 0.451 e. The monoisotopic (exact) mass is 575 g/mol. The van der Waals surface area contributed by atoms with Crippen LogP contribution < -0.4 is 15.1 Å². The van der Waals surface area contributed by atoms with Gasteiger partial charge in [-0.2, -0.15) is 13.2 Å². The quantitative estimate of drug-likeness (QED) is 0.558. The zero-order chi connectivity index (χ0) is 28.9. The first-order valence-electron chi connectivity index (χ1n) is 14.6. The molecule has 0 unspecified atom stereocenters. The number of nitrogens with one attached hydrogen (secondary N) is 1. The molecule has 4 saturated heterocycles. The van der Waals surface area contributed by atoms with Crippen LogP contribution in [-0.2, 0) is 21.3 Å². The molecule has 0 amide bonds. The van der Waals surface area contributed by atoms with Crippen molar-refractivity contribution in [3.05, 3.63) is 41.0 Å². The molecule has 12 heteroatoms. The number of methoxy groups -OCH3 is 1. The Morgan fingerprint density at radius 2 is 1.78 bits per heavy atom. The summed E-state index contributed by atoms with van der Waals surface area (Å²) in [5.41, 5.74) is 2.71. The van der Waals surface area contributed by atoms with Crippen LogP contribution in [0.2, 0.25) is 0 Å². The number of hydrogen-bond acceptors (Lipinski definition) is 9. The van der Waals surface area contributed by atoms with E-state index in [1.165, 1.54) is 5.56 Å². The van der Waals surface area contributed by atoms with Gasteiger partial charge in [-0.3, -0.25) is 9.88 Å². The maximum Gasteiger partial charge on any atom is 0.451 e. The Bertz CT molecular complexity index is 1250. The standard InChI is InChI=1S/C29H40F3N7O2/c1-18-5-7-34-26(28(40-4)16-41-17-28)25(18)21-6-10-38(19(2)13-21)23-14-24(36-27(35-23)29(30,31)32)39-15-22(20(39)3)37-11-8-33-9-12-37/h5,7,14,19-22,33H,6,8-13,15-17H2,1-4H3/t19-,20+,21+,22+/m0/s1. The molecule has 4 fully saturated rings. The lowest BCUT2D eigenvalue weighted by atomic mass is 9.79. The summed E-state index contributed by atoms with van der Waals surface area (Å²) in [4.78, 5) is 19.2. The molecule has 6 heterocycles. The molecule has 2 aromatic rings. The fraction of sp³-hybridized carbons (Fsp3) is 0.690. The van der Waals surface area contributed by atoms with Crippen molar-refractivity contribution in [2.75, 3.05) is 69.4 Å². The second kappa shape index (κ2) is 10.9. The maximum atomic E-state index is 14.0. The molecule has 4 aliphatic rings. The average Bonchev–Trinajstić information content (AvgIpc) is 2.92. The number of alkyl halides is 3. The molecule has 4 atom stereocenters. The van der Waals surface area contributed by atoms with Gasteiger partial charge in [0.15, 0.2) is 5.60 Å². The molecule has 0 bridgehead atoms. The van der Waals surface area contributed by atoms with Gasteiger partial charge in [0.2, 0.25) is 5.82 Å². The summed E-state index contributed by atoms with van der Waals surface area (Å²) in [6.45, 7) is 12.2. The summed E-state index contributed by atoms with van der Waals surface area (Å²) in [5, 5.41) is 3.36. The lowest BCUT2D eigenvalue weighted by Gasteiger charge is -2.53. The van der Waals surface area contributed by atoms with Crippen molar-refractivity contribution < 1.29 is 22.6 Å². The zero-order valence-electron chi connectivity index (χ0n) is 24.2. The van der Waals surface area contributed by atoms with E-state index >= 15 is 0 Å². The van der Waals surface area contributed by atoms with Crippen LogP contribution in [0, 0.1) is 6.92 Å². The van der Waals surface area contributed by atoms with Gasteiger partial charge in [-0.25, -0.2) is 9.97 Å². The summed E-state index contributed by atoms with van der Waals surface area (Å²) in [5.74, 6) is -0.173. The number of rotatable bonds is 6. The van der Waals surface area contributed by atoms with Crippen LogP contribution in [0.3, 0.4) is 0 Å². The van der Waals surface area contributed by atoms with E-state index in [0.29, 0.717) is 44.0 Å². The van der Waals surface area contributed by atoms with Crippen molar-refractivity contribution in [1.82, 2.24) is 25.2 Å². The third kappa shape index (κ3) is 5.17. The predicted molar refractivity (Wildman–Crippen MR) is 149 cm³/mol. The van der Waals surface area contributed by atoms with E-state index in [2.05, 4.69) is 41.0 Å². The lowest BCUT2D eigenvalue weighted by Crippen LogP contribution is -2.68. The van der Waals surface area contributed by atoms with Gasteiger partial charge in [0, 0.05) is 76.8 Å². The molecule has 2 aromatic heterocycles. The smallest absolute Gasteiger partial charge is 0.374 e. The first-order valence-corrected chi connectivity index (χ1v) is 14.6. The van der Waals surface area contributed by atoms with Crippen molar-refractivity contribution in [2.45, 2.75) is 69.4 Å². The van der Waals surface area contributed by atoms with E-state index in [1.54, 1.807) is 13.2 Å². The Hall–Kier alpha value is -2.54. The normalized spacial score (nSPS) is 28.8. The van der Waals surface area contributed by atoms with Crippen molar-refractivity contribution in [2.24, 2.45) is 0 Å². The van der Waals surface area contributed by atoms with E-state index in [9.17, 15) is 13.2 Å². The summed E-state index contributed by atoms with van der Waals surface area (Å²) >= 11 is 0. The van der Waals surface area contributed by atoms with Gasteiger partial charge >= 0.3 is 6.18 Å². The first-order chi connectivity index (χ1) is 19.6. The van der Waals surface area contributed by atoms with Gasteiger partial charge in [0.25, 0.3) is 0 Å². The molecule has 4 aliphatic heterocycles. The maximum absolute atomic E-state index is 14.0. The van der Waals surface area contributed by atoms with Gasteiger partial charge in [-0.05, 0) is 56.7 Å². The zero-order valence-corrected chi connectivity index (χ0v) is 24.2. The average molecular weight is 576 g/mol. The molecule has 6 rings (SSSR count). The van der Waals surface area contributed by atoms with Crippen LogP contribution in [0.15, 0.2) is 18.3 Å². The number of anilines is 2. The predicted octanol–water partition coefficient (Wildman–Crippen LogP) is 3.33. The second-order valence-corrected chi connectivity index (χ2v) is 12.0. The number of hydrogen-bond donors (Lipinski definition) is 1. The Morgan fingerprint density at radius 1 is 1.07 bits per heavy atom. The number of nitrogens with zero attached hydrogens (tertiary/aromatic N) is 6. The summed E-state index contributed by atoms with van der Waals surface area (Å²) in [6.07, 6.45) is -1.27. The van der Waals surface area contributed by atoms with Crippen molar-refractivity contribution >= 4 is 11.6 Å². The molecule has 0 radical (unpaired) electrons. The highest BCUT2D eigenvalue weighted by Crippen LogP contribution is 2.43. The summed E-state index contributed by atoms with van der Waals surface area (Å²) in [6, 6.07) is 4.14. The highest BCUT2D eigenvalue weighted by Gasteiger charge is 2.46. The number of pyridine rings is 1. The summed E-state index contributed by atoms with van der Waals surface area (Å²) in [7, 11) is 1.69. The van der Waals surface area contributed by atoms with E-state index < -0.39 is 17.6 Å². The van der Waals surface area contributed by atoms with E-state index in [0.717, 1.165) is 50.3 Å². The fourth-order valence-corrected chi connectivity index (χ4v) is 7.03. The number of piperazine rings is 1. The Labute approximate surface area is 239 Å². The number of ether oxygens (including phenoxy) is 2. The SMILES string of the molecule is COC1(c2nccc(C)c2[C@@H]2CCN(c3cc(N4C[C@@H](N5CCNCC5)[C@H]4C)nc(C(F)(F)F)n3)[C@@H](C)C2)COC1. The molecule has 0 saturated carbocycles. The highest BCUT2D eigenvalue weighted by molar-refractivity contribution is 5.55. The third-order valence-electron chi connectivity index (χ3n) is 9.58. The van der Waals surface area contributed by atoms with Crippen LogP contribution in [0.5, 0.6) is 0 Å². The topological polar surface area (TPSA) is 78.9 Å². The molecule has 9 nitrogen and oxygen atoms in total. The van der Waals surface area contributed by atoms with E-state index in [4.69, 9.17) is 14.5 Å². The Kier molecular flexibility index (Phi) is 7.63. The van der Waals surface area contributed by atoms with Gasteiger partial charge in [0.05, 0.1) is 18.9 Å². The molecular formula is C29H40F3N7O2. The fourth-order valence-electron chi connectivity index (χ4n) is 7.03. The molecular weight excluding hydrogens is 535 g/mol. The van der Waals surface area contributed by atoms with Crippen LogP contribution in [0.4, 0.5) is 24.8 Å². The number of piperidine rings is 1. The third-order valence-corrected chi connectivity index (χ3v) is 9.58. The Morgan fingerprint density at radius 3 is 2.37 bits per heavy atom.